The fourth-order valence-electron chi connectivity index (χ4n) is 2.09. The molecule has 1 aliphatic heterocycles. The molecule has 3 nitrogen and oxygen atoms in total. The Hall–Kier alpha value is -0.120. The van der Waals surface area contributed by atoms with Gasteiger partial charge < -0.3 is 16.4 Å². The van der Waals surface area contributed by atoms with Crippen LogP contribution in [0, 0.1) is 5.92 Å². The summed E-state index contributed by atoms with van der Waals surface area (Å²) in [7, 11) is 0. The maximum atomic E-state index is 5.90. The maximum absolute atomic E-state index is 5.90. The summed E-state index contributed by atoms with van der Waals surface area (Å²) < 4.78 is 0. The molecule has 78 valence electrons. The molecule has 0 amide bonds. The van der Waals surface area contributed by atoms with E-state index in [-0.39, 0.29) is 6.04 Å². The van der Waals surface area contributed by atoms with E-state index < -0.39 is 0 Å². The van der Waals surface area contributed by atoms with Gasteiger partial charge in [0.05, 0.1) is 0 Å². The average Bonchev–Trinajstić information content (AvgIpc) is 2.03. The SMILES string of the molecule is CC(N)CN1CCCC(C(C)N)C1. The fourth-order valence-corrected chi connectivity index (χ4v) is 2.09. The number of hydrogen-bond acceptors (Lipinski definition) is 3. The smallest absolute Gasteiger partial charge is 0.0139 e. The molecular formula is C10H23N3. The van der Waals surface area contributed by atoms with Crippen molar-refractivity contribution in [1.29, 1.82) is 0 Å². The van der Waals surface area contributed by atoms with Crippen molar-refractivity contribution in [3.63, 3.8) is 0 Å². The molecule has 0 aromatic carbocycles. The number of rotatable bonds is 3. The van der Waals surface area contributed by atoms with Crippen LogP contribution in [0.25, 0.3) is 0 Å². The largest absolute Gasteiger partial charge is 0.328 e. The molecule has 1 heterocycles. The van der Waals surface area contributed by atoms with Gasteiger partial charge >= 0.3 is 0 Å². The van der Waals surface area contributed by atoms with Crippen molar-refractivity contribution in [2.24, 2.45) is 17.4 Å². The highest BCUT2D eigenvalue weighted by atomic mass is 15.1. The lowest BCUT2D eigenvalue weighted by molar-refractivity contribution is 0.155. The molecule has 0 saturated carbocycles. The Bertz CT molecular complexity index is 145. The van der Waals surface area contributed by atoms with Crippen LogP contribution in [0.1, 0.15) is 26.7 Å². The van der Waals surface area contributed by atoms with Gasteiger partial charge in [-0.25, -0.2) is 0 Å². The zero-order chi connectivity index (χ0) is 9.84. The number of hydrogen-bond donors (Lipinski definition) is 2. The molecule has 3 unspecified atom stereocenters. The molecule has 4 N–H and O–H groups in total. The topological polar surface area (TPSA) is 55.3 Å². The highest BCUT2D eigenvalue weighted by Crippen LogP contribution is 2.18. The van der Waals surface area contributed by atoms with E-state index in [1.54, 1.807) is 0 Å². The minimum Gasteiger partial charge on any atom is -0.328 e. The quantitative estimate of drug-likeness (QED) is 0.669. The van der Waals surface area contributed by atoms with E-state index in [0.717, 1.165) is 13.1 Å². The molecule has 0 bridgehead atoms. The zero-order valence-electron chi connectivity index (χ0n) is 8.87. The Balaban J connectivity index is 2.33. The van der Waals surface area contributed by atoms with Crippen LogP contribution in [0.3, 0.4) is 0 Å². The van der Waals surface area contributed by atoms with Crippen LogP contribution >= 0.6 is 0 Å². The van der Waals surface area contributed by atoms with E-state index >= 15 is 0 Å². The van der Waals surface area contributed by atoms with Crippen molar-refractivity contribution in [3.05, 3.63) is 0 Å². The lowest BCUT2D eigenvalue weighted by Gasteiger charge is -2.35. The molecule has 1 saturated heterocycles. The average molecular weight is 185 g/mol. The molecule has 0 aromatic heterocycles. The van der Waals surface area contributed by atoms with Gasteiger partial charge in [-0.3, -0.25) is 0 Å². The summed E-state index contributed by atoms with van der Waals surface area (Å²) in [6.07, 6.45) is 2.56. The van der Waals surface area contributed by atoms with Crippen LogP contribution in [-0.2, 0) is 0 Å². The van der Waals surface area contributed by atoms with Crippen LogP contribution in [0.2, 0.25) is 0 Å². The highest BCUT2D eigenvalue weighted by Gasteiger charge is 2.22. The van der Waals surface area contributed by atoms with E-state index in [1.165, 1.54) is 19.4 Å². The standard InChI is InChI=1S/C10H23N3/c1-8(11)6-13-5-3-4-10(7-13)9(2)12/h8-10H,3-7,11-12H2,1-2H3. The van der Waals surface area contributed by atoms with Crippen molar-refractivity contribution >= 4 is 0 Å². The molecule has 1 rings (SSSR count). The predicted molar refractivity (Wildman–Crippen MR) is 56.5 cm³/mol. The molecule has 0 radical (unpaired) electrons. The van der Waals surface area contributed by atoms with E-state index in [2.05, 4.69) is 18.7 Å². The third-order valence-corrected chi connectivity index (χ3v) is 2.83. The van der Waals surface area contributed by atoms with Crippen LogP contribution in [0.5, 0.6) is 0 Å². The molecule has 3 atom stereocenters. The van der Waals surface area contributed by atoms with Crippen LogP contribution in [0.4, 0.5) is 0 Å². The number of nitrogens with zero attached hydrogens (tertiary/aromatic N) is 1. The van der Waals surface area contributed by atoms with E-state index in [0.29, 0.717) is 12.0 Å². The molecule has 1 fully saturated rings. The van der Waals surface area contributed by atoms with Crippen LogP contribution in [0.15, 0.2) is 0 Å². The Labute approximate surface area is 81.5 Å². The second kappa shape index (κ2) is 4.94. The second-order valence-electron chi connectivity index (χ2n) is 4.50. The molecule has 3 heteroatoms. The van der Waals surface area contributed by atoms with Gasteiger partial charge in [0.25, 0.3) is 0 Å². The second-order valence-corrected chi connectivity index (χ2v) is 4.50. The normalized spacial score (nSPS) is 30.0. The maximum Gasteiger partial charge on any atom is 0.0139 e. The van der Waals surface area contributed by atoms with Gasteiger partial charge in [0, 0.05) is 25.2 Å². The summed E-state index contributed by atoms with van der Waals surface area (Å²) >= 11 is 0. The first-order valence-corrected chi connectivity index (χ1v) is 5.33. The molecule has 0 aromatic rings. The van der Waals surface area contributed by atoms with Gasteiger partial charge in [0.1, 0.15) is 0 Å². The molecule has 0 aliphatic carbocycles. The molecular weight excluding hydrogens is 162 g/mol. The molecule has 1 aliphatic rings. The first-order chi connectivity index (χ1) is 6.09. The third kappa shape index (κ3) is 3.63. The fraction of sp³-hybridized carbons (Fsp3) is 1.00. The van der Waals surface area contributed by atoms with Gasteiger partial charge in [0.15, 0.2) is 0 Å². The summed E-state index contributed by atoms with van der Waals surface area (Å²) in [4.78, 5) is 2.45. The minimum absolute atomic E-state index is 0.284. The summed E-state index contributed by atoms with van der Waals surface area (Å²) in [6, 6.07) is 0.614. The lowest BCUT2D eigenvalue weighted by atomic mass is 9.92. The van der Waals surface area contributed by atoms with Gasteiger partial charge in [-0.15, -0.1) is 0 Å². The van der Waals surface area contributed by atoms with Gasteiger partial charge in [-0.1, -0.05) is 0 Å². The van der Waals surface area contributed by atoms with Crippen molar-refractivity contribution in [2.45, 2.75) is 38.8 Å². The Kier molecular flexibility index (Phi) is 4.16. The number of likely N-dealkylation sites (tertiary alicyclic amines) is 1. The third-order valence-electron chi connectivity index (χ3n) is 2.83. The monoisotopic (exact) mass is 185 g/mol. The van der Waals surface area contributed by atoms with Gasteiger partial charge in [-0.05, 0) is 39.2 Å². The molecule has 13 heavy (non-hydrogen) atoms. The highest BCUT2D eigenvalue weighted by molar-refractivity contribution is 4.79. The lowest BCUT2D eigenvalue weighted by Crippen LogP contribution is -2.45. The predicted octanol–water partition coefficient (Wildman–Crippen LogP) is 0.393. The first kappa shape index (κ1) is 11.0. The van der Waals surface area contributed by atoms with Crippen molar-refractivity contribution in [1.82, 2.24) is 4.90 Å². The van der Waals surface area contributed by atoms with Crippen molar-refractivity contribution in [2.75, 3.05) is 19.6 Å². The number of piperidine rings is 1. The van der Waals surface area contributed by atoms with Crippen LogP contribution in [-0.4, -0.2) is 36.6 Å². The van der Waals surface area contributed by atoms with Crippen molar-refractivity contribution in [3.8, 4) is 0 Å². The van der Waals surface area contributed by atoms with Gasteiger partial charge in [0.2, 0.25) is 0 Å². The molecule has 0 spiro atoms. The summed E-state index contributed by atoms with van der Waals surface area (Å²) in [5.41, 5.74) is 11.7. The summed E-state index contributed by atoms with van der Waals surface area (Å²) in [5, 5.41) is 0. The Morgan fingerprint density at radius 3 is 2.62 bits per heavy atom. The Morgan fingerprint density at radius 1 is 1.38 bits per heavy atom. The summed E-state index contributed by atoms with van der Waals surface area (Å²) in [6.45, 7) is 7.53. The van der Waals surface area contributed by atoms with Gasteiger partial charge in [-0.2, -0.15) is 0 Å². The van der Waals surface area contributed by atoms with E-state index in [9.17, 15) is 0 Å². The van der Waals surface area contributed by atoms with Crippen LogP contribution < -0.4 is 11.5 Å². The minimum atomic E-state index is 0.284. The zero-order valence-corrected chi connectivity index (χ0v) is 8.87. The first-order valence-electron chi connectivity index (χ1n) is 5.33. The van der Waals surface area contributed by atoms with Crippen molar-refractivity contribution < 1.29 is 0 Å². The summed E-state index contributed by atoms with van der Waals surface area (Å²) in [5.74, 6) is 0.674. The van der Waals surface area contributed by atoms with E-state index in [4.69, 9.17) is 11.5 Å². The number of nitrogens with two attached hydrogens (primary N) is 2. The van der Waals surface area contributed by atoms with E-state index in [1.807, 2.05) is 0 Å². The Morgan fingerprint density at radius 2 is 2.08 bits per heavy atom.